The Kier molecular flexibility index (Phi) is 1.98. The second kappa shape index (κ2) is 2.93. The molecule has 3 fully saturated rings. The molecular formula is C15H24O. The number of hydrogen-bond acceptors (Lipinski definition) is 1. The molecule has 2 bridgehead atoms. The Morgan fingerprint density at radius 3 is 2.75 bits per heavy atom. The van der Waals surface area contributed by atoms with Crippen LogP contribution in [-0.2, 0) is 4.74 Å². The van der Waals surface area contributed by atoms with Crippen LogP contribution in [0.15, 0.2) is 12.2 Å². The lowest BCUT2D eigenvalue weighted by Gasteiger charge is -2.53. The van der Waals surface area contributed by atoms with Crippen LogP contribution >= 0.6 is 0 Å². The van der Waals surface area contributed by atoms with Gasteiger partial charge in [0, 0.05) is 5.41 Å². The van der Waals surface area contributed by atoms with Crippen molar-refractivity contribution in [2.45, 2.75) is 70.5 Å². The normalized spacial score (nSPS) is 50.2. The second-order valence-electron chi connectivity index (χ2n) is 6.99. The van der Waals surface area contributed by atoms with Crippen LogP contribution in [0.5, 0.6) is 0 Å². The summed E-state index contributed by atoms with van der Waals surface area (Å²) in [5.41, 5.74) is 1.85. The summed E-state index contributed by atoms with van der Waals surface area (Å²) < 4.78 is 6.58. The van der Waals surface area contributed by atoms with E-state index >= 15 is 0 Å². The van der Waals surface area contributed by atoms with Crippen LogP contribution in [0.4, 0.5) is 0 Å². The molecule has 90 valence electrons. The van der Waals surface area contributed by atoms with Gasteiger partial charge in [-0.2, -0.15) is 0 Å². The van der Waals surface area contributed by atoms with E-state index < -0.39 is 0 Å². The maximum absolute atomic E-state index is 6.58. The molecule has 0 aromatic heterocycles. The van der Waals surface area contributed by atoms with Gasteiger partial charge >= 0.3 is 0 Å². The minimum atomic E-state index is 0.0255. The quantitative estimate of drug-likeness (QED) is 0.559. The van der Waals surface area contributed by atoms with Crippen molar-refractivity contribution in [3.63, 3.8) is 0 Å². The third-order valence-electron chi connectivity index (χ3n) is 5.75. The fraction of sp³-hybridized carbons (Fsp3) is 0.867. The summed E-state index contributed by atoms with van der Waals surface area (Å²) in [6.45, 7) is 11.3. The first-order chi connectivity index (χ1) is 7.40. The molecule has 3 aliphatic rings. The number of rotatable bonds is 0. The molecule has 3 rings (SSSR count). The SMILES string of the molecule is C=C1CCCC2(C)CC[C@@H]3C[C@]12OC3(C)C. The molecule has 3 atom stereocenters. The van der Waals surface area contributed by atoms with E-state index in [1.807, 2.05) is 0 Å². The maximum Gasteiger partial charge on any atom is 0.0953 e. The lowest BCUT2D eigenvalue weighted by atomic mass is 9.54. The van der Waals surface area contributed by atoms with E-state index in [2.05, 4.69) is 27.4 Å². The lowest BCUT2D eigenvalue weighted by Crippen LogP contribution is -2.51. The average Bonchev–Trinajstić information content (AvgIpc) is 2.42. The van der Waals surface area contributed by atoms with Gasteiger partial charge in [-0.25, -0.2) is 0 Å². The first-order valence-corrected chi connectivity index (χ1v) is 6.78. The van der Waals surface area contributed by atoms with Crippen molar-refractivity contribution in [3.05, 3.63) is 12.2 Å². The van der Waals surface area contributed by atoms with E-state index in [1.54, 1.807) is 0 Å². The van der Waals surface area contributed by atoms with Crippen molar-refractivity contribution < 1.29 is 4.74 Å². The van der Waals surface area contributed by atoms with E-state index in [0.717, 1.165) is 5.92 Å². The first kappa shape index (κ1) is 10.8. The zero-order valence-corrected chi connectivity index (χ0v) is 10.9. The van der Waals surface area contributed by atoms with Crippen molar-refractivity contribution in [1.82, 2.24) is 0 Å². The van der Waals surface area contributed by atoms with Crippen molar-refractivity contribution in [3.8, 4) is 0 Å². The molecule has 1 heteroatoms. The predicted octanol–water partition coefficient (Wildman–Crippen LogP) is 4.08. The van der Waals surface area contributed by atoms with Crippen LogP contribution in [0.25, 0.3) is 0 Å². The minimum absolute atomic E-state index is 0.0255. The maximum atomic E-state index is 6.58. The Labute approximate surface area is 99.3 Å². The minimum Gasteiger partial charge on any atom is -0.364 e. The van der Waals surface area contributed by atoms with Gasteiger partial charge in [0.05, 0.1) is 11.2 Å². The van der Waals surface area contributed by atoms with Crippen LogP contribution in [0.2, 0.25) is 0 Å². The predicted molar refractivity (Wildman–Crippen MR) is 66.3 cm³/mol. The van der Waals surface area contributed by atoms with E-state index in [1.165, 1.54) is 44.1 Å². The standard InChI is InChI=1S/C15H24O/c1-11-6-5-8-14(4)9-7-12-10-15(11,14)16-13(12,2)3/h12H,1,5-10H2,2-4H3/t12-,14?,15+/m1/s1. The average molecular weight is 220 g/mol. The van der Waals surface area contributed by atoms with Crippen LogP contribution in [0, 0.1) is 11.3 Å². The van der Waals surface area contributed by atoms with E-state index in [4.69, 9.17) is 4.74 Å². The largest absolute Gasteiger partial charge is 0.364 e. The highest BCUT2D eigenvalue weighted by Crippen LogP contribution is 2.65. The number of ether oxygens (including phenoxy) is 1. The van der Waals surface area contributed by atoms with Crippen molar-refractivity contribution >= 4 is 0 Å². The summed E-state index contributed by atoms with van der Waals surface area (Å²) in [7, 11) is 0. The molecule has 0 amide bonds. The summed E-state index contributed by atoms with van der Waals surface area (Å²) in [5, 5.41) is 0. The number of hydrogen-bond donors (Lipinski definition) is 0. The highest BCUT2D eigenvalue weighted by molar-refractivity contribution is 5.28. The van der Waals surface area contributed by atoms with E-state index in [-0.39, 0.29) is 11.2 Å². The number of fused-ring (bicyclic) bond motifs is 1. The third-order valence-corrected chi connectivity index (χ3v) is 5.75. The van der Waals surface area contributed by atoms with Gasteiger partial charge in [-0.05, 0) is 63.9 Å². The van der Waals surface area contributed by atoms with Gasteiger partial charge in [0.2, 0.25) is 0 Å². The fourth-order valence-corrected chi connectivity index (χ4v) is 4.54. The summed E-state index contributed by atoms with van der Waals surface area (Å²) in [4.78, 5) is 0. The molecule has 1 unspecified atom stereocenters. The molecular weight excluding hydrogens is 196 g/mol. The molecule has 2 saturated carbocycles. The Morgan fingerprint density at radius 2 is 2.00 bits per heavy atom. The third kappa shape index (κ3) is 1.11. The van der Waals surface area contributed by atoms with Gasteiger partial charge in [-0.1, -0.05) is 13.5 Å². The van der Waals surface area contributed by atoms with Gasteiger partial charge in [0.15, 0.2) is 0 Å². The Morgan fingerprint density at radius 1 is 1.25 bits per heavy atom. The molecule has 2 aliphatic carbocycles. The van der Waals surface area contributed by atoms with Crippen LogP contribution in [-0.4, -0.2) is 11.2 Å². The molecule has 1 nitrogen and oxygen atoms in total. The lowest BCUT2D eigenvalue weighted by molar-refractivity contribution is -0.136. The molecule has 1 aliphatic heterocycles. The molecule has 1 heterocycles. The van der Waals surface area contributed by atoms with Crippen LogP contribution in [0.3, 0.4) is 0 Å². The highest BCUT2D eigenvalue weighted by atomic mass is 16.5. The van der Waals surface area contributed by atoms with Crippen molar-refractivity contribution in [2.75, 3.05) is 0 Å². The molecule has 1 spiro atoms. The molecule has 0 radical (unpaired) electrons. The van der Waals surface area contributed by atoms with Gasteiger partial charge in [0.1, 0.15) is 0 Å². The van der Waals surface area contributed by atoms with Gasteiger partial charge in [-0.15, -0.1) is 0 Å². The first-order valence-electron chi connectivity index (χ1n) is 6.78. The monoisotopic (exact) mass is 220 g/mol. The zero-order valence-electron chi connectivity index (χ0n) is 10.9. The Hall–Kier alpha value is -0.300. The van der Waals surface area contributed by atoms with Crippen LogP contribution in [0.1, 0.15) is 59.3 Å². The molecule has 0 aromatic carbocycles. The van der Waals surface area contributed by atoms with E-state index in [0.29, 0.717) is 5.41 Å². The molecule has 1 saturated heterocycles. The van der Waals surface area contributed by atoms with Crippen molar-refractivity contribution in [1.29, 1.82) is 0 Å². The fourth-order valence-electron chi connectivity index (χ4n) is 4.54. The van der Waals surface area contributed by atoms with Gasteiger partial charge in [-0.3, -0.25) is 0 Å². The Bertz CT molecular complexity index is 343. The molecule has 0 N–H and O–H groups in total. The highest BCUT2D eigenvalue weighted by Gasteiger charge is 2.64. The van der Waals surface area contributed by atoms with Crippen LogP contribution < -0.4 is 0 Å². The summed E-state index contributed by atoms with van der Waals surface area (Å²) >= 11 is 0. The van der Waals surface area contributed by atoms with E-state index in [9.17, 15) is 0 Å². The summed E-state index contributed by atoms with van der Waals surface area (Å²) in [5.74, 6) is 0.746. The summed E-state index contributed by atoms with van der Waals surface area (Å²) in [6.07, 6.45) is 7.73. The zero-order chi connectivity index (χ0) is 11.6. The van der Waals surface area contributed by atoms with Gasteiger partial charge in [0.25, 0.3) is 0 Å². The summed E-state index contributed by atoms with van der Waals surface area (Å²) in [6, 6.07) is 0. The topological polar surface area (TPSA) is 9.23 Å². The molecule has 0 aromatic rings. The smallest absolute Gasteiger partial charge is 0.0953 e. The molecule has 16 heavy (non-hydrogen) atoms. The second-order valence-corrected chi connectivity index (χ2v) is 6.99. The van der Waals surface area contributed by atoms with Gasteiger partial charge < -0.3 is 4.74 Å². The Balaban J connectivity index is 2.07. The van der Waals surface area contributed by atoms with Crippen molar-refractivity contribution in [2.24, 2.45) is 11.3 Å².